The third kappa shape index (κ3) is 1.87. The Morgan fingerprint density at radius 3 is 2.55 bits per heavy atom. The van der Waals surface area contributed by atoms with Crippen LogP contribution in [-0.4, -0.2) is 11.2 Å². The van der Waals surface area contributed by atoms with E-state index in [1.807, 2.05) is 0 Å². The molecule has 1 N–H and O–H groups in total. The van der Waals surface area contributed by atoms with Crippen LogP contribution in [0.5, 0.6) is 0 Å². The van der Waals surface area contributed by atoms with Gasteiger partial charge < -0.3 is 5.11 Å². The maximum atomic E-state index is 11.0. The van der Waals surface area contributed by atoms with Gasteiger partial charge in [-0.2, -0.15) is 0 Å². The summed E-state index contributed by atoms with van der Waals surface area (Å²) < 4.78 is 0. The number of aliphatic hydroxyl groups is 1. The first-order valence-electron chi connectivity index (χ1n) is 9.75. The molecule has 1 heteroatoms. The van der Waals surface area contributed by atoms with Crippen molar-refractivity contribution in [3.8, 4) is 0 Å². The third-order valence-corrected chi connectivity index (χ3v) is 8.85. The van der Waals surface area contributed by atoms with Gasteiger partial charge in [-0.15, -0.1) is 0 Å². The summed E-state index contributed by atoms with van der Waals surface area (Å²) in [5.74, 6) is 3.67. The standard InChI is InChI=1S/C21H34O/c1-13-7-9-21(4)15(11-13)12-18(22)19-16-6-5-14(2)20(16,3)10-8-17(19)21/h12-14,16-19,22H,5-11H2,1-4H3. The van der Waals surface area contributed by atoms with E-state index in [1.165, 1.54) is 44.9 Å². The van der Waals surface area contributed by atoms with Crippen molar-refractivity contribution in [2.75, 3.05) is 0 Å². The summed E-state index contributed by atoms with van der Waals surface area (Å²) in [6, 6.07) is 0. The molecule has 0 aromatic heterocycles. The second-order valence-electron chi connectivity index (χ2n) is 9.76. The molecule has 124 valence electrons. The highest BCUT2D eigenvalue weighted by Crippen LogP contribution is 2.66. The summed E-state index contributed by atoms with van der Waals surface area (Å²) in [5, 5.41) is 11.0. The molecular weight excluding hydrogens is 268 g/mol. The molecule has 0 saturated heterocycles. The van der Waals surface area contributed by atoms with E-state index in [2.05, 4.69) is 33.8 Å². The molecule has 8 unspecified atom stereocenters. The van der Waals surface area contributed by atoms with Crippen LogP contribution in [0.3, 0.4) is 0 Å². The lowest BCUT2D eigenvalue weighted by atomic mass is 9.46. The quantitative estimate of drug-likeness (QED) is 0.610. The number of rotatable bonds is 0. The molecule has 0 bridgehead atoms. The maximum Gasteiger partial charge on any atom is 0.0757 e. The van der Waals surface area contributed by atoms with Gasteiger partial charge in [-0.05, 0) is 85.4 Å². The zero-order valence-electron chi connectivity index (χ0n) is 14.9. The predicted octanol–water partition coefficient (Wildman–Crippen LogP) is 5.19. The predicted molar refractivity (Wildman–Crippen MR) is 91.4 cm³/mol. The fraction of sp³-hybridized carbons (Fsp3) is 0.905. The Balaban J connectivity index is 1.73. The Hall–Kier alpha value is -0.300. The Labute approximate surface area is 136 Å². The molecular formula is C21H34O. The molecule has 0 aliphatic heterocycles. The minimum absolute atomic E-state index is 0.173. The number of allylic oxidation sites excluding steroid dienone is 1. The molecule has 3 fully saturated rings. The van der Waals surface area contributed by atoms with E-state index >= 15 is 0 Å². The summed E-state index contributed by atoms with van der Waals surface area (Å²) in [4.78, 5) is 0. The van der Waals surface area contributed by atoms with Crippen LogP contribution in [0.4, 0.5) is 0 Å². The molecule has 1 nitrogen and oxygen atoms in total. The molecule has 22 heavy (non-hydrogen) atoms. The van der Waals surface area contributed by atoms with Crippen LogP contribution in [-0.2, 0) is 0 Å². The van der Waals surface area contributed by atoms with E-state index in [4.69, 9.17) is 0 Å². The zero-order valence-corrected chi connectivity index (χ0v) is 14.9. The van der Waals surface area contributed by atoms with Gasteiger partial charge in [-0.1, -0.05) is 39.3 Å². The minimum Gasteiger partial charge on any atom is -0.389 e. The first kappa shape index (κ1) is 15.2. The van der Waals surface area contributed by atoms with Gasteiger partial charge in [0.2, 0.25) is 0 Å². The average molecular weight is 303 g/mol. The summed E-state index contributed by atoms with van der Waals surface area (Å²) in [6.45, 7) is 9.91. The van der Waals surface area contributed by atoms with E-state index in [9.17, 15) is 5.11 Å². The van der Waals surface area contributed by atoms with Gasteiger partial charge in [0.05, 0.1) is 6.10 Å². The van der Waals surface area contributed by atoms with Crippen LogP contribution < -0.4 is 0 Å². The normalized spacial score (nSPS) is 57.6. The van der Waals surface area contributed by atoms with Gasteiger partial charge in [-0.25, -0.2) is 0 Å². The van der Waals surface area contributed by atoms with Crippen molar-refractivity contribution < 1.29 is 5.11 Å². The van der Waals surface area contributed by atoms with E-state index in [1.54, 1.807) is 5.57 Å². The first-order chi connectivity index (χ1) is 10.4. The highest BCUT2D eigenvalue weighted by molar-refractivity contribution is 5.27. The monoisotopic (exact) mass is 302 g/mol. The van der Waals surface area contributed by atoms with E-state index in [-0.39, 0.29) is 6.10 Å². The van der Waals surface area contributed by atoms with Crippen LogP contribution in [0, 0.1) is 40.4 Å². The van der Waals surface area contributed by atoms with Crippen molar-refractivity contribution in [1.29, 1.82) is 0 Å². The van der Waals surface area contributed by atoms with Crippen LogP contribution in [0.25, 0.3) is 0 Å². The molecule has 0 spiro atoms. The van der Waals surface area contributed by atoms with E-state index < -0.39 is 0 Å². The Morgan fingerprint density at radius 2 is 1.77 bits per heavy atom. The Bertz CT molecular complexity index is 494. The summed E-state index contributed by atoms with van der Waals surface area (Å²) in [5.41, 5.74) is 2.49. The second-order valence-corrected chi connectivity index (χ2v) is 9.76. The molecule has 8 atom stereocenters. The fourth-order valence-electron chi connectivity index (χ4n) is 7.09. The molecule has 0 aromatic rings. The number of fused-ring (bicyclic) bond motifs is 5. The van der Waals surface area contributed by atoms with E-state index in [0.717, 1.165) is 23.7 Å². The lowest BCUT2D eigenvalue weighted by Crippen LogP contribution is -2.54. The average Bonchev–Trinajstić information content (AvgIpc) is 2.77. The van der Waals surface area contributed by atoms with Crippen molar-refractivity contribution in [2.24, 2.45) is 40.4 Å². The van der Waals surface area contributed by atoms with Gasteiger partial charge in [0.15, 0.2) is 0 Å². The summed E-state index contributed by atoms with van der Waals surface area (Å²) in [7, 11) is 0. The SMILES string of the molecule is CC1CCC2(C)C(=CC(O)C3C2CCC2(C)C(C)CCC32)C1. The van der Waals surface area contributed by atoms with Crippen molar-refractivity contribution in [3.05, 3.63) is 11.6 Å². The fourth-order valence-corrected chi connectivity index (χ4v) is 7.09. The van der Waals surface area contributed by atoms with Gasteiger partial charge >= 0.3 is 0 Å². The third-order valence-electron chi connectivity index (χ3n) is 8.85. The zero-order chi connectivity index (χ0) is 15.7. The molecule has 4 aliphatic rings. The topological polar surface area (TPSA) is 20.2 Å². The van der Waals surface area contributed by atoms with Gasteiger partial charge in [-0.3, -0.25) is 0 Å². The first-order valence-corrected chi connectivity index (χ1v) is 9.75. The van der Waals surface area contributed by atoms with Gasteiger partial charge in [0.1, 0.15) is 0 Å². The minimum atomic E-state index is -0.173. The van der Waals surface area contributed by atoms with Crippen molar-refractivity contribution in [3.63, 3.8) is 0 Å². The van der Waals surface area contributed by atoms with Gasteiger partial charge in [0.25, 0.3) is 0 Å². The molecule has 4 aliphatic carbocycles. The summed E-state index contributed by atoms with van der Waals surface area (Å²) in [6.07, 6.45) is 11.6. The molecule has 0 heterocycles. The maximum absolute atomic E-state index is 11.0. The van der Waals surface area contributed by atoms with Crippen molar-refractivity contribution >= 4 is 0 Å². The number of aliphatic hydroxyl groups excluding tert-OH is 1. The lowest BCUT2D eigenvalue weighted by molar-refractivity contribution is -0.0870. The van der Waals surface area contributed by atoms with Crippen molar-refractivity contribution in [2.45, 2.75) is 78.7 Å². The largest absolute Gasteiger partial charge is 0.389 e. The highest BCUT2D eigenvalue weighted by atomic mass is 16.3. The number of hydrogen-bond donors (Lipinski definition) is 1. The van der Waals surface area contributed by atoms with Gasteiger partial charge in [0, 0.05) is 0 Å². The van der Waals surface area contributed by atoms with Crippen molar-refractivity contribution in [1.82, 2.24) is 0 Å². The Morgan fingerprint density at radius 1 is 1.00 bits per heavy atom. The van der Waals surface area contributed by atoms with E-state index in [0.29, 0.717) is 16.7 Å². The molecule has 0 aromatic carbocycles. The van der Waals surface area contributed by atoms with Crippen LogP contribution in [0.1, 0.15) is 72.6 Å². The molecule has 4 rings (SSSR count). The summed E-state index contributed by atoms with van der Waals surface area (Å²) >= 11 is 0. The second kappa shape index (κ2) is 4.85. The lowest BCUT2D eigenvalue weighted by Gasteiger charge is -2.59. The highest BCUT2D eigenvalue weighted by Gasteiger charge is 2.59. The molecule has 0 radical (unpaired) electrons. The van der Waals surface area contributed by atoms with Crippen LogP contribution in [0.15, 0.2) is 11.6 Å². The van der Waals surface area contributed by atoms with Crippen LogP contribution >= 0.6 is 0 Å². The molecule has 3 saturated carbocycles. The molecule has 0 amide bonds. The van der Waals surface area contributed by atoms with Crippen LogP contribution in [0.2, 0.25) is 0 Å². The smallest absolute Gasteiger partial charge is 0.0757 e. The number of hydrogen-bond acceptors (Lipinski definition) is 1. The Kier molecular flexibility index (Phi) is 3.36.